The molecule has 104 valence electrons. The molecule has 2 N–H and O–H groups in total. The standard InChI is InChI=1S/C14H13BrN2O3/c15-11-7-10(14(18)19)8-13(9-11)20-6-5-17-12-1-3-16-4-2-12/h1-4,7-9H,5-6H2,(H,16,17)(H,18,19). The lowest BCUT2D eigenvalue weighted by molar-refractivity contribution is 0.0696. The third kappa shape index (κ3) is 4.24. The van der Waals surface area contributed by atoms with E-state index in [1.165, 1.54) is 12.1 Å². The van der Waals surface area contributed by atoms with Crippen LogP contribution in [-0.4, -0.2) is 29.2 Å². The fourth-order valence-electron chi connectivity index (χ4n) is 1.60. The molecule has 6 heteroatoms. The van der Waals surface area contributed by atoms with Crippen molar-refractivity contribution in [2.24, 2.45) is 0 Å². The van der Waals surface area contributed by atoms with Gasteiger partial charge in [-0.25, -0.2) is 4.79 Å². The number of pyridine rings is 1. The van der Waals surface area contributed by atoms with E-state index in [0.717, 1.165) is 5.69 Å². The van der Waals surface area contributed by atoms with Crippen molar-refractivity contribution < 1.29 is 14.6 Å². The van der Waals surface area contributed by atoms with Crippen LogP contribution < -0.4 is 10.1 Å². The molecule has 0 spiro atoms. The lowest BCUT2D eigenvalue weighted by Gasteiger charge is -2.09. The maximum atomic E-state index is 10.9. The van der Waals surface area contributed by atoms with Crippen LogP contribution in [0.15, 0.2) is 47.2 Å². The summed E-state index contributed by atoms with van der Waals surface area (Å²) < 4.78 is 6.20. The number of carboxylic acids is 1. The molecule has 2 rings (SSSR count). The number of halogens is 1. The number of nitrogens with one attached hydrogen (secondary N) is 1. The molecule has 0 saturated carbocycles. The van der Waals surface area contributed by atoms with Crippen molar-refractivity contribution in [2.75, 3.05) is 18.5 Å². The van der Waals surface area contributed by atoms with Crippen LogP contribution in [0.4, 0.5) is 5.69 Å². The predicted octanol–water partition coefficient (Wildman–Crippen LogP) is 3.03. The average molecular weight is 337 g/mol. The lowest BCUT2D eigenvalue weighted by Crippen LogP contribution is -2.11. The molecule has 0 bridgehead atoms. The molecule has 0 aliphatic rings. The average Bonchev–Trinajstić information content (AvgIpc) is 2.44. The highest BCUT2D eigenvalue weighted by molar-refractivity contribution is 9.10. The van der Waals surface area contributed by atoms with Gasteiger partial charge in [0.25, 0.3) is 0 Å². The fourth-order valence-corrected chi connectivity index (χ4v) is 2.08. The fraction of sp³-hybridized carbons (Fsp3) is 0.143. The van der Waals surface area contributed by atoms with Crippen molar-refractivity contribution in [3.8, 4) is 5.75 Å². The summed E-state index contributed by atoms with van der Waals surface area (Å²) in [5, 5.41) is 12.1. The van der Waals surface area contributed by atoms with Gasteiger partial charge in [0.15, 0.2) is 0 Å². The van der Waals surface area contributed by atoms with Crippen LogP contribution in [0.1, 0.15) is 10.4 Å². The lowest BCUT2D eigenvalue weighted by atomic mass is 10.2. The number of rotatable bonds is 6. The largest absolute Gasteiger partial charge is 0.492 e. The number of carboxylic acid groups (broad SMARTS) is 1. The van der Waals surface area contributed by atoms with Crippen LogP contribution in [-0.2, 0) is 0 Å². The minimum atomic E-state index is -0.980. The molecule has 0 unspecified atom stereocenters. The summed E-state index contributed by atoms with van der Waals surface area (Å²) >= 11 is 3.26. The molecule has 0 amide bonds. The maximum absolute atomic E-state index is 10.9. The molecule has 0 radical (unpaired) electrons. The Hall–Kier alpha value is -2.08. The van der Waals surface area contributed by atoms with E-state index < -0.39 is 5.97 Å². The first-order valence-corrected chi connectivity index (χ1v) is 6.75. The number of hydrogen-bond acceptors (Lipinski definition) is 4. The normalized spacial score (nSPS) is 10.1. The van der Waals surface area contributed by atoms with Gasteiger partial charge in [-0.15, -0.1) is 0 Å². The van der Waals surface area contributed by atoms with Crippen molar-refractivity contribution >= 4 is 27.6 Å². The zero-order valence-corrected chi connectivity index (χ0v) is 12.1. The van der Waals surface area contributed by atoms with Crippen molar-refractivity contribution in [3.63, 3.8) is 0 Å². The summed E-state index contributed by atoms with van der Waals surface area (Å²) in [7, 11) is 0. The quantitative estimate of drug-likeness (QED) is 0.793. The number of anilines is 1. The minimum absolute atomic E-state index is 0.191. The highest BCUT2D eigenvalue weighted by Gasteiger charge is 2.06. The van der Waals surface area contributed by atoms with E-state index in [2.05, 4.69) is 26.2 Å². The smallest absolute Gasteiger partial charge is 0.335 e. The van der Waals surface area contributed by atoms with Gasteiger partial charge in [0.2, 0.25) is 0 Å². The zero-order chi connectivity index (χ0) is 14.4. The molecule has 0 atom stereocenters. The van der Waals surface area contributed by atoms with Gasteiger partial charge in [-0.05, 0) is 30.3 Å². The van der Waals surface area contributed by atoms with E-state index >= 15 is 0 Å². The third-order valence-corrected chi connectivity index (χ3v) is 2.96. The highest BCUT2D eigenvalue weighted by atomic mass is 79.9. The monoisotopic (exact) mass is 336 g/mol. The number of hydrogen-bond donors (Lipinski definition) is 2. The highest BCUT2D eigenvalue weighted by Crippen LogP contribution is 2.21. The first kappa shape index (κ1) is 14.3. The Kier molecular flexibility index (Phi) is 4.95. The van der Waals surface area contributed by atoms with E-state index in [1.54, 1.807) is 18.5 Å². The van der Waals surface area contributed by atoms with Crippen molar-refractivity contribution in [1.82, 2.24) is 4.98 Å². The summed E-state index contributed by atoms with van der Waals surface area (Å²) in [5.74, 6) is -0.459. The number of benzene rings is 1. The Morgan fingerprint density at radius 3 is 2.75 bits per heavy atom. The maximum Gasteiger partial charge on any atom is 0.335 e. The van der Waals surface area contributed by atoms with Gasteiger partial charge < -0.3 is 15.2 Å². The molecule has 0 saturated heterocycles. The first-order valence-electron chi connectivity index (χ1n) is 5.96. The predicted molar refractivity (Wildman–Crippen MR) is 79.3 cm³/mol. The summed E-state index contributed by atoms with van der Waals surface area (Å²) in [4.78, 5) is 14.9. The van der Waals surface area contributed by atoms with Gasteiger partial charge in [-0.1, -0.05) is 15.9 Å². The van der Waals surface area contributed by atoms with Crippen molar-refractivity contribution in [1.29, 1.82) is 0 Å². The van der Waals surface area contributed by atoms with Crippen LogP contribution in [0, 0.1) is 0 Å². The van der Waals surface area contributed by atoms with E-state index in [-0.39, 0.29) is 5.56 Å². The molecule has 2 aromatic rings. The Morgan fingerprint density at radius 2 is 2.05 bits per heavy atom. The van der Waals surface area contributed by atoms with Crippen LogP contribution >= 0.6 is 15.9 Å². The minimum Gasteiger partial charge on any atom is -0.492 e. The molecule has 0 aliphatic heterocycles. The van der Waals surface area contributed by atoms with Crippen LogP contribution in [0.3, 0.4) is 0 Å². The second-order valence-corrected chi connectivity index (χ2v) is 4.91. The molecule has 1 aromatic heterocycles. The van der Waals surface area contributed by atoms with Gasteiger partial charge in [0, 0.05) is 29.1 Å². The van der Waals surface area contributed by atoms with E-state index in [9.17, 15) is 4.79 Å². The van der Waals surface area contributed by atoms with Crippen molar-refractivity contribution in [2.45, 2.75) is 0 Å². The third-order valence-electron chi connectivity index (χ3n) is 2.50. The second kappa shape index (κ2) is 6.91. The van der Waals surface area contributed by atoms with Gasteiger partial charge in [0.05, 0.1) is 5.56 Å². The van der Waals surface area contributed by atoms with Gasteiger partial charge in [-0.2, -0.15) is 0 Å². The van der Waals surface area contributed by atoms with Gasteiger partial charge >= 0.3 is 5.97 Å². The first-order chi connectivity index (χ1) is 9.65. The summed E-state index contributed by atoms with van der Waals surface area (Å²) in [6.07, 6.45) is 3.41. The molecule has 0 fully saturated rings. The van der Waals surface area contributed by atoms with Crippen LogP contribution in [0.5, 0.6) is 5.75 Å². The van der Waals surface area contributed by atoms with Gasteiger partial charge in [-0.3, -0.25) is 4.98 Å². The molecular weight excluding hydrogens is 324 g/mol. The van der Waals surface area contributed by atoms with Gasteiger partial charge in [0.1, 0.15) is 12.4 Å². The number of aromatic carboxylic acids is 1. The topological polar surface area (TPSA) is 71.5 Å². The molecule has 5 nitrogen and oxygen atoms in total. The number of nitrogens with zero attached hydrogens (tertiary/aromatic N) is 1. The van der Waals surface area contributed by atoms with Crippen molar-refractivity contribution in [3.05, 3.63) is 52.8 Å². The Morgan fingerprint density at radius 1 is 1.30 bits per heavy atom. The Labute approximate surface area is 124 Å². The van der Waals surface area contributed by atoms with E-state index in [0.29, 0.717) is 23.4 Å². The molecule has 1 heterocycles. The zero-order valence-electron chi connectivity index (χ0n) is 10.5. The number of aromatic nitrogens is 1. The molecule has 0 aliphatic carbocycles. The Bertz CT molecular complexity index is 590. The SMILES string of the molecule is O=C(O)c1cc(Br)cc(OCCNc2ccncc2)c1. The molecule has 20 heavy (non-hydrogen) atoms. The summed E-state index contributed by atoms with van der Waals surface area (Å²) in [6, 6.07) is 8.49. The summed E-state index contributed by atoms with van der Waals surface area (Å²) in [5.41, 5.74) is 1.15. The number of ether oxygens (including phenoxy) is 1. The molecule has 1 aromatic carbocycles. The summed E-state index contributed by atoms with van der Waals surface area (Å²) in [6.45, 7) is 1.04. The Balaban J connectivity index is 1.86. The van der Waals surface area contributed by atoms with Crippen LogP contribution in [0.2, 0.25) is 0 Å². The number of carbonyl (C=O) groups is 1. The van der Waals surface area contributed by atoms with Crippen LogP contribution in [0.25, 0.3) is 0 Å². The van der Waals surface area contributed by atoms with E-state index in [4.69, 9.17) is 9.84 Å². The molecular formula is C14H13BrN2O3. The second-order valence-electron chi connectivity index (χ2n) is 3.99. The van der Waals surface area contributed by atoms with E-state index in [1.807, 2.05) is 12.1 Å².